The SMILES string of the molecule is Cc1nc(C2CC2)ncc1C(=O)N1CCN2CCNC(=O)[C@H]2C1. The highest BCUT2D eigenvalue weighted by Gasteiger charge is 2.37. The van der Waals surface area contributed by atoms with Gasteiger partial charge in [0.15, 0.2) is 0 Å². The van der Waals surface area contributed by atoms with E-state index in [9.17, 15) is 9.59 Å². The van der Waals surface area contributed by atoms with Crippen LogP contribution >= 0.6 is 0 Å². The second-order valence-corrected chi connectivity index (χ2v) is 6.60. The summed E-state index contributed by atoms with van der Waals surface area (Å²) in [6, 6.07) is -0.228. The van der Waals surface area contributed by atoms with Crippen molar-refractivity contribution in [3.8, 4) is 0 Å². The quantitative estimate of drug-likeness (QED) is 0.826. The molecule has 7 nitrogen and oxygen atoms in total. The fourth-order valence-electron chi connectivity index (χ4n) is 3.37. The maximum absolute atomic E-state index is 12.8. The van der Waals surface area contributed by atoms with E-state index in [1.165, 1.54) is 0 Å². The minimum absolute atomic E-state index is 0.0193. The third-order valence-corrected chi connectivity index (χ3v) is 4.95. The van der Waals surface area contributed by atoms with Gasteiger partial charge in [0.05, 0.1) is 11.3 Å². The fourth-order valence-corrected chi connectivity index (χ4v) is 3.37. The maximum atomic E-state index is 12.8. The second kappa shape index (κ2) is 5.56. The zero-order valence-electron chi connectivity index (χ0n) is 13.3. The zero-order chi connectivity index (χ0) is 16.0. The molecular weight excluding hydrogens is 294 g/mol. The van der Waals surface area contributed by atoms with E-state index in [0.29, 0.717) is 31.1 Å². The number of carbonyl (C=O) groups excluding carboxylic acids is 2. The van der Waals surface area contributed by atoms with E-state index < -0.39 is 0 Å². The van der Waals surface area contributed by atoms with Gasteiger partial charge in [-0.05, 0) is 19.8 Å². The molecule has 23 heavy (non-hydrogen) atoms. The van der Waals surface area contributed by atoms with Crippen LogP contribution in [-0.2, 0) is 4.79 Å². The molecule has 2 aliphatic heterocycles. The summed E-state index contributed by atoms with van der Waals surface area (Å²) in [5.74, 6) is 1.29. The average Bonchev–Trinajstić information content (AvgIpc) is 3.39. The molecule has 0 unspecified atom stereocenters. The molecule has 1 saturated carbocycles. The summed E-state index contributed by atoms with van der Waals surface area (Å²) in [6.45, 7) is 5.24. The lowest BCUT2D eigenvalue weighted by molar-refractivity contribution is -0.131. The van der Waals surface area contributed by atoms with E-state index in [-0.39, 0.29) is 17.9 Å². The molecule has 2 saturated heterocycles. The lowest BCUT2D eigenvalue weighted by Gasteiger charge is -2.43. The zero-order valence-corrected chi connectivity index (χ0v) is 13.3. The Hall–Kier alpha value is -2.02. The highest BCUT2D eigenvalue weighted by molar-refractivity contribution is 5.95. The van der Waals surface area contributed by atoms with Gasteiger partial charge in [0.25, 0.3) is 5.91 Å². The summed E-state index contributed by atoms with van der Waals surface area (Å²) < 4.78 is 0. The molecule has 122 valence electrons. The lowest BCUT2D eigenvalue weighted by atomic mass is 10.1. The third-order valence-electron chi connectivity index (χ3n) is 4.95. The van der Waals surface area contributed by atoms with Crippen LogP contribution in [0.2, 0.25) is 0 Å². The molecule has 0 spiro atoms. The molecule has 3 heterocycles. The van der Waals surface area contributed by atoms with Crippen molar-refractivity contribution in [3.63, 3.8) is 0 Å². The molecule has 7 heteroatoms. The van der Waals surface area contributed by atoms with Crippen LogP contribution in [0.15, 0.2) is 6.20 Å². The Kier molecular flexibility index (Phi) is 3.52. The number of carbonyl (C=O) groups is 2. The molecule has 0 aromatic carbocycles. The first-order valence-corrected chi connectivity index (χ1v) is 8.28. The predicted molar refractivity (Wildman–Crippen MR) is 83.0 cm³/mol. The summed E-state index contributed by atoms with van der Waals surface area (Å²) in [5, 5.41) is 2.88. The van der Waals surface area contributed by atoms with Gasteiger partial charge in [0, 0.05) is 44.8 Å². The van der Waals surface area contributed by atoms with Crippen molar-refractivity contribution < 1.29 is 9.59 Å². The smallest absolute Gasteiger partial charge is 0.257 e. The number of piperazine rings is 2. The van der Waals surface area contributed by atoms with E-state index in [1.54, 1.807) is 11.1 Å². The van der Waals surface area contributed by atoms with Crippen molar-refractivity contribution in [3.05, 3.63) is 23.3 Å². The molecule has 0 bridgehead atoms. The molecule has 1 N–H and O–H groups in total. The molecule has 4 rings (SSSR count). The number of aryl methyl sites for hydroxylation is 1. The first-order chi connectivity index (χ1) is 11.1. The molecule has 3 aliphatic rings. The minimum atomic E-state index is -0.228. The Morgan fingerprint density at radius 1 is 1.30 bits per heavy atom. The van der Waals surface area contributed by atoms with Crippen molar-refractivity contribution in [2.75, 3.05) is 32.7 Å². The van der Waals surface area contributed by atoms with Crippen molar-refractivity contribution in [2.24, 2.45) is 0 Å². The van der Waals surface area contributed by atoms with Crippen molar-refractivity contribution >= 4 is 11.8 Å². The molecule has 1 aliphatic carbocycles. The first-order valence-electron chi connectivity index (χ1n) is 8.28. The van der Waals surface area contributed by atoms with Gasteiger partial charge in [0.2, 0.25) is 5.91 Å². The van der Waals surface area contributed by atoms with E-state index in [0.717, 1.165) is 37.4 Å². The van der Waals surface area contributed by atoms with Gasteiger partial charge in [-0.15, -0.1) is 0 Å². The Balaban J connectivity index is 1.51. The molecule has 1 atom stereocenters. The van der Waals surface area contributed by atoms with E-state index in [2.05, 4.69) is 20.2 Å². The van der Waals surface area contributed by atoms with Gasteiger partial charge in [-0.2, -0.15) is 0 Å². The summed E-state index contributed by atoms with van der Waals surface area (Å²) in [7, 11) is 0. The molecule has 2 amide bonds. The van der Waals surface area contributed by atoms with Crippen LogP contribution in [0.3, 0.4) is 0 Å². The summed E-state index contributed by atoms with van der Waals surface area (Å²) >= 11 is 0. The average molecular weight is 315 g/mol. The van der Waals surface area contributed by atoms with Crippen LogP contribution in [0.25, 0.3) is 0 Å². The topological polar surface area (TPSA) is 78.4 Å². The van der Waals surface area contributed by atoms with E-state index >= 15 is 0 Å². The first kappa shape index (κ1) is 14.6. The van der Waals surface area contributed by atoms with Crippen LogP contribution in [-0.4, -0.2) is 70.3 Å². The van der Waals surface area contributed by atoms with Crippen LogP contribution < -0.4 is 5.32 Å². The predicted octanol–water partition coefficient (Wildman–Crippen LogP) is -0.0814. The van der Waals surface area contributed by atoms with E-state index in [4.69, 9.17) is 0 Å². The number of amides is 2. The van der Waals surface area contributed by atoms with Gasteiger partial charge < -0.3 is 10.2 Å². The third kappa shape index (κ3) is 2.69. The largest absolute Gasteiger partial charge is 0.353 e. The Morgan fingerprint density at radius 3 is 2.87 bits per heavy atom. The van der Waals surface area contributed by atoms with Gasteiger partial charge in [0.1, 0.15) is 11.9 Å². The normalized spacial score (nSPS) is 25.0. The van der Waals surface area contributed by atoms with E-state index in [1.807, 2.05) is 6.92 Å². The summed E-state index contributed by atoms with van der Waals surface area (Å²) in [5.41, 5.74) is 1.29. The number of hydrogen-bond acceptors (Lipinski definition) is 5. The van der Waals surface area contributed by atoms with Crippen LogP contribution in [0.1, 0.15) is 40.6 Å². The number of nitrogens with zero attached hydrogens (tertiary/aromatic N) is 4. The number of rotatable bonds is 2. The van der Waals surface area contributed by atoms with Gasteiger partial charge in [-0.1, -0.05) is 0 Å². The maximum Gasteiger partial charge on any atom is 0.257 e. The molecule has 0 radical (unpaired) electrons. The minimum Gasteiger partial charge on any atom is -0.353 e. The second-order valence-electron chi connectivity index (χ2n) is 6.60. The monoisotopic (exact) mass is 315 g/mol. The van der Waals surface area contributed by atoms with Gasteiger partial charge in [-0.3, -0.25) is 14.5 Å². The van der Waals surface area contributed by atoms with Crippen molar-refractivity contribution in [1.82, 2.24) is 25.1 Å². The lowest BCUT2D eigenvalue weighted by Crippen LogP contribution is -2.64. The number of nitrogens with one attached hydrogen (secondary N) is 1. The standard InChI is InChI=1S/C16H21N5O2/c1-10-12(8-18-14(19-10)11-2-3-11)16(23)21-7-6-20-5-4-17-15(22)13(20)9-21/h8,11,13H,2-7,9H2,1H3,(H,17,22)/t13-/m1/s1. The Morgan fingerprint density at radius 2 is 2.13 bits per heavy atom. The molecule has 1 aromatic rings. The van der Waals surface area contributed by atoms with Gasteiger partial charge >= 0.3 is 0 Å². The van der Waals surface area contributed by atoms with Crippen molar-refractivity contribution in [2.45, 2.75) is 31.7 Å². The highest BCUT2D eigenvalue weighted by atomic mass is 16.2. The highest BCUT2D eigenvalue weighted by Crippen LogP contribution is 2.38. The fraction of sp³-hybridized carbons (Fsp3) is 0.625. The van der Waals surface area contributed by atoms with Crippen molar-refractivity contribution in [1.29, 1.82) is 0 Å². The Bertz CT molecular complexity index is 658. The molecular formula is C16H21N5O2. The van der Waals surface area contributed by atoms with Crippen LogP contribution in [0.4, 0.5) is 0 Å². The number of hydrogen-bond donors (Lipinski definition) is 1. The molecule has 1 aromatic heterocycles. The number of aromatic nitrogens is 2. The van der Waals surface area contributed by atoms with Gasteiger partial charge in [-0.25, -0.2) is 9.97 Å². The Labute approximate surface area is 135 Å². The number of fused-ring (bicyclic) bond motifs is 1. The van der Waals surface area contributed by atoms with Crippen LogP contribution in [0, 0.1) is 6.92 Å². The van der Waals surface area contributed by atoms with Crippen LogP contribution in [0.5, 0.6) is 0 Å². The summed E-state index contributed by atoms with van der Waals surface area (Å²) in [6.07, 6.45) is 3.95. The molecule has 3 fully saturated rings. The summed E-state index contributed by atoms with van der Waals surface area (Å²) in [4.78, 5) is 37.6.